The molecule has 4 heteroatoms. The van der Waals surface area contributed by atoms with Crippen molar-refractivity contribution < 1.29 is 4.52 Å². The summed E-state index contributed by atoms with van der Waals surface area (Å²) in [5, 5.41) is 0. The Hall–Kier alpha value is -1.29. The fourth-order valence-corrected chi connectivity index (χ4v) is 2.07. The molecule has 1 aromatic carbocycles. The molecule has 2 rings (SSSR count). The van der Waals surface area contributed by atoms with Gasteiger partial charge in [0.05, 0.1) is 11.3 Å². The predicted octanol–water partition coefficient (Wildman–Crippen LogP) is 2.72. The summed E-state index contributed by atoms with van der Waals surface area (Å²) in [4.78, 5) is 11.3. The molecular formula is C11H10BrNO2. The first-order chi connectivity index (χ1) is 7.11. The topological polar surface area (TPSA) is 35.1 Å². The van der Waals surface area contributed by atoms with E-state index >= 15 is 0 Å². The minimum absolute atomic E-state index is 0.289. The second-order valence-corrected chi connectivity index (χ2v) is 4.18. The van der Waals surface area contributed by atoms with Crippen molar-refractivity contribution in [1.29, 1.82) is 0 Å². The zero-order valence-corrected chi connectivity index (χ0v) is 10.0. The van der Waals surface area contributed by atoms with Crippen LogP contribution in [0.5, 0.6) is 0 Å². The van der Waals surface area contributed by atoms with E-state index in [1.807, 2.05) is 24.3 Å². The molecule has 0 bridgehead atoms. The summed E-state index contributed by atoms with van der Waals surface area (Å²) in [5.74, 6) is 0. The highest BCUT2D eigenvalue weighted by molar-refractivity contribution is 9.10. The van der Waals surface area contributed by atoms with Crippen molar-refractivity contribution in [3.05, 3.63) is 44.7 Å². The molecule has 3 nitrogen and oxygen atoms in total. The molecule has 1 heterocycles. The Morgan fingerprint density at radius 3 is 2.53 bits per heavy atom. The van der Waals surface area contributed by atoms with E-state index < -0.39 is 0 Å². The monoisotopic (exact) mass is 267 g/mol. The molecule has 0 saturated heterocycles. The average molecular weight is 268 g/mol. The van der Waals surface area contributed by atoms with Crippen LogP contribution in [0.2, 0.25) is 0 Å². The van der Waals surface area contributed by atoms with E-state index in [1.54, 1.807) is 14.0 Å². The van der Waals surface area contributed by atoms with E-state index in [9.17, 15) is 4.79 Å². The largest absolute Gasteiger partial charge is 0.361 e. The molecule has 15 heavy (non-hydrogen) atoms. The summed E-state index contributed by atoms with van der Waals surface area (Å²) in [6.45, 7) is 1.76. The molecule has 0 unspecified atom stereocenters. The van der Waals surface area contributed by atoms with Gasteiger partial charge in [-0.25, -0.2) is 9.53 Å². The maximum absolute atomic E-state index is 11.3. The fraction of sp³-hybridized carbons (Fsp3) is 0.182. The van der Waals surface area contributed by atoms with Crippen molar-refractivity contribution in [2.45, 2.75) is 6.92 Å². The summed E-state index contributed by atoms with van der Waals surface area (Å²) in [5.41, 5.74) is 2.11. The maximum atomic E-state index is 11.3. The molecule has 0 radical (unpaired) electrons. The molecule has 0 aliphatic rings. The second kappa shape index (κ2) is 3.70. The van der Waals surface area contributed by atoms with Crippen LogP contribution >= 0.6 is 15.9 Å². The third-order valence-electron chi connectivity index (χ3n) is 2.33. The lowest BCUT2D eigenvalue weighted by atomic mass is 10.1. The van der Waals surface area contributed by atoms with E-state index in [0.29, 0.717) is 5.56 Å². The van der Waals surface area contributed by atoms with Crippen LogP contribution in [0, 0.1) is 6.92 Å². The highest BCUT2D eigenvalue weighted by Crippen LogP contribution is 2.28. The molecular weight excluding hydrogens is 258 g/mol. The zero-order valence-electron chi connectivity index (χ0n) is 8.45. The van der Waals surface area contributed by atoms with Crippen molar-refractivity contribution in [3.8, 4) is 11.3 Å². The number of hydrogen-bond donors (Lipinski definition) is 0. The fourth-order valence-electron chi connectivity index (χ4n) is 1.60. The van der Waals surface area contributed by atoms with Gasteiger partial charge in [0.2, 0.25) is 0 Å². The van der Waals surface area contributed by atoms with Crippen LogP contribution in [0.15, 0.2) is 38.1 Å². The van der Waals surface area contributed by atoms with Gasteiger partial charge in [-0.1, -0.05) is 34.1 Å². The van der Waals surface area contributed by atoms with Gasteiger partial charge >= 0.3 is 5.63 Å². The first-order valence-corrected chi connectivity index (χ1v) is 5.32. The lowest BCUT2D eigenvalue weighted by Gasteiger charge is -2.04. The van der Waals surface area contributed by atoms with Crippen LogP contribution in [0.3, 0.4) is 0 Å². The molecule has 0 fully saturated rings. The maximum Gasteiger partial charge on any atom is 0.361 e. The zero-order chi connectivity index (χ0) is 11.0. The lowest BCUT2D eigenvalue weighted by Crippen LogP contribution is -1.95. The second-order valence-electron chi connectivity index (χ2n) is 3.33. The van der Waals surface area contributed by atoms with Gasteiger partial charge in [-0.2, -0.15) is 0 Å². The van der Waals surface area contributed by atoms with Crippen LogP contribution in [-0.4, -0.2) is 4.74 Å². The smallest absolute Gasteiger partial charge is 0.336 e. The average Bonchev–Trinajstić information content (AvgIpc) is 2.43. The third kappa shape index (κ3) is 1.65. The first-order valence-electron chi connectivity index (χ1n) is 4.53. The van der Waals surface area contributed by atoms with Gasteiger partial charge in [-0.05, 0) is 13.0 Å². The van der Waals surface area contributed by atoms with E-state index in [1.165, 1.54) is 4.74 Å². The Kier molecular flexibility index (Phi) is 2.52. The summed E-state index contributed by atoms with van der Waals surface area (Å²) in [7, 11) is 1.73. The number of hydrogen-bond acceptors (Lipinski definition) is 2. The molecule has 0 atom stereocenters. The first kappa shape index (κ1) is 10.2. The van der Waals surface area contributed by atoms with Crippen LogP contribution in [0.4, 0.5) is 0 Å². The lowest BCUT2D eigenvalue weighted by molar-refractivity contribution is 0.288. The minimum atomic E-state index is -0.289. The highest BCUT2D eigenvalue weighted by Gasteiger charge is 2.14. The van der Waals surface area contributed by atoms with E-state index in [0.717, 1.165) is 15.7 Å². The minimum Gasteiger partial charge on any atom is -0.336 e. The number of benzene rings is 1. The molecule has 0 spiro atoms. The van der Waals surface area contributed by atoms with Crippen LogP contribution in [0.1, 0.15) is 5.56 Å². The molecule has 2 aromatic rings. The predicted molar refractivity (Wildman–Crippen MR) is 61.8 cm³/mol. The quantitative estimate of drug-likeness (QED) is 0.797. The van der Waals surface area contributed by atoms with E-state index in [4.69, 9.17) is 4.52 Å². The number of rotatable bonds is 1. The van der Waals surface area contributed by atoms with Crippen molar-refractivity contribution in [1.82, 2.24) is 4.74 Å². The molecule has 0 saturated carbocycles. The van der Waals surface area contributed by atoms with E-state index in [2.05, 4.69) is 15.9 Å². The molecule has 0 aliphatic heterocycles. The van der Waals surface area contributed by atoms with Crippen molar-refractivity contribution >= 4 is 15.9 Å². The molecule has 0 aliphatic carbocycles. The Labute approximate surface area is 95.4 Å². The Morgan fingerprint density at radius 2 is 2.00 bits per heavy atom. The Morgan fingerprint density at radius 1 is 1.33 bits per heavy atom. The summed E-state index contributed by atoms with van der Waals surface area (Å²) in [6.07, 6.45) is 0. The third-order valence-corrected chi connectivity index (χ3v) is 3.02. The van der Waals surface area contributed by atoms with Crippen LogP contribution in [-0.2, 0) is 7.05 Å². The summed E-state index contributed by atoms with van der Waals surface area (Å²) >= 11 is 3.45. The highest BCUT2D eigenvalue weighted by atomic mass is 79.9. The standard InChI is InChI=1S/C11H10BrNO2/c1-7-10(13(2)15-11(7)14)8-5-3-4-6-9(8)12/h3-6H,1-2H3. The van der Waals surface area contributed by atoms with Crippen molar-refractivity contribution in [3.63, 3.8) is 0 Å². The van der Waals surface area contributed by atoms with Gasteiger partial charge in [0.1, 0.15) is 0 Å². The van der Waals surface area contributed by atoms with Crippen LogP contribution in [0.25, 0.3) is 11.3 Å². The van der Waals surface area contributed by atoms with Crippen LogP contribution < -0.4 is 5.63 Å². The molecule has 78 valence electrons. The van der Waals surface area contributed by atoms with Gasteiger partial charge in [0.25, 0.3) is 0 Å². The SMILES string of the molecule is Cc1c(-c2ccccc2Br)n(C)oc1=O. The van der Waals surface area contributed by atoms with Gasteiger partial charge in [-0.15, -0.1) is 0 Å². The summed E-state index contributed by atoms with van der Waals surface area (Å²) < 4.78 is 7.44. The van der Waals surface area contributed by atoms with Gasteiger partial charge in [0.15, 0.2) is 0 Å². The number of nitrogens with zero attached hydrogens (tertiary/aromatic N) is 1. The Bertz CT molecular complexity index is 554. The number of aryl methyl sites for hydroxylation is 1. The van der Waals surface area contributed by atoms with Gasteiger partial charge < -0.3 is 4.52 Å². The number of halogens is 1. The normalized spacial score (nSPS) is 10.6. The summed E-state index contributed by atoms with van der Waals surface area (Å²) in [6, 6.07) is 7.74. The molecule has 0 N–H and O–H groups in total. The van der Waals surface area contributed by atoms with Gasteiger partial charge in [0, 0.05) is 17.1 Å². The van der Waals surface area contributed by atoms with E-state index in [-0.39, 0.29) is 5.63 Å². The van der Waals surface area contributed by atoms with Crippen molar-refractivity contribution in [2.75, 3.05) is 0 Å². The van der Waals surface area contributed by atoms with Crippen molar-refractivity contribution in [2.24, 2.45) is 7.05 Å². The molecule has 0 amide bonds. The number of aromatic nitrogens is 1. The van der Waals surface area contributed by atoms with Gasteiger partial charge in [-0.3, -0.25) is 0 Å². The molecule has 1 aromatic heterocycles. The Balaban J connectivity index is 2.75.